The molecule has 5 heteroatoms. The molecule has 4 nitrogen and oxygen atoms in total. The first-order chi connectivity index (χ1) is 8.29. The molecule has 1 N–H and O–H groups in total. The van der Waals surface area contributed by atoms with Gasteiger partial charge in [0.2, 0.25) is 5.88 Å². The lowest BCUT2D eigenvalue weighted by molar-refractivity contribution is 0.327. The molecule has 0 saturated carbocycles. The molecule has 2 aromatic heterocycles. The summed E-state index contributed by atoms with van der Waals surface area (Å²) < 4.78 is 5.29. The van der Waals surface area contributed by atoms with Crippen LogP contribution >= 0.6 is 11.3 Å². The maximum absolute atomic E-state index is 5.29. The predicted octanol–water partition coefficient (Wildman–Crippen LogP) is 3.11. The summed E-state index contributed by atoms with van der Waals surface area (Å²) in [4.78, 5) is 8.47. The van der Waals surface area contributed by atoms with E-state index in [2.05, 4.69) is 22.2 Å². The van der Waals surface area contributed by atoms with Crippen LogP contribution in [0.5, 0.6) is 5.88 Å². The molecule has 0 aromatic carbocycles. The molecule has 0 spiro atoms. The number of thiazole rings is 1. The van der Waals surface area contributed by atoms with Crippen molar-refractivity contribution in [2.24, 2.45) is 0 Å². The van der Waals surface area contributed by atoms with Crippen molar-refractivity contribution in [2.75, 3.05) is 11.9 Å². The molecule has 0 fully saturated rings. The highest BCUT2D eigenvalue weighted by atomic mass is 32.1. The molecule has 0 aliphatic rings. The van der Waals surface area contributed by atoms with Gasteiger partial charge in [0.15, 0.2) is 0 Å². The van der Waals surface area contributed by atoms with Gasteiger partial charge in [0.05, 0.1) is 35.7 Å². The van der Waals surface area contributed by atoms with E-state index < -0.39 is 0 Å². The van der Waals surface area contributed by atoms with Gasteiger partial charge >= 0.3 is 0 Å². The SMILES string of the molecule is CCOc1ccc(NC(C)c2cscn2)cn1. The van der Waals surface area contributed by atoms with Crippen LogP contribution in [-0.2, 0) is 0 Å². The zero-order valence-electron chi connectivity index (χ0n) is 9.88. The Bertz CT molecular complexity index is 441. The molecule has 90 valence electrons. The topological polar surface area (TPSA) is 47.0 Å². The summed E-state index contributed by atoms with van der Waals surface area (Å²) in [6.07, 6.45) is 1.77. The monoisotopic (exact) mass is 249 g/mol. The van der Waals surface area contributed by atoms with Crippen LogP contribution in [0, 0.1) is 0 Å². The minimum Gasteiger partial charge on any atom is -0.478 e. The lowest BCUT2D eigenvalue weighted by atomic mass is 10.2. The van der Waals surface area contributed by atoms with Crippen molar-refractivity contribution in [3.8, 4) is 5.88 Å². The molecule has 0 aliphatic carbocycles. The summed E-state index contributed by atoms with van der Waals surface area (Å²) in [5, 5.41) is 5.38. The highest BCUT2D eigenvalue weighted by molar-refractivity contribution is 7.07. The Hall–Kier alpha value is -1.62. The highest BCUT2D eigenvalue weighted by Gasteiger charge is 2.07. The fourth-order valence-corrected chi connectivity index (χ4v) is 2.11. The van der Waals surface area contributed by atoms with Gasteiger partial charge in [-0.2, -0.15) is 0 Å². The third kappa shape index (κ3) is 3.17. The van der Waals surface area contributed by atoms with Crippen LogP contribution in [-0.4, -0.2) is 16.6 Å². The average molecular weight is 249 g/mol. The van der Waals surface area contributed by atoms with E-state index in [9.17, 15) is 0 Å². The molecule has 0 aliphatic heterocycles. The minimum absolute atomic E-state index is 0.181. The van der Waals surface area contributed by atoms with Crippen molar-refractivity contribution >= 4 is 17.0 Å². The van der Waals surface area contributed by atoms with E-state index in [-0.39, 0.29) is 6.04 Å². The lowest BCUT2D eigenvalue weighted by Crippen LogP contribution is -2.07. The first-order valence-electron chi connectivity index (χ1n) is 5.53. The van der Waals surface area contributed by atoms with E-state index in [1.54, 1.807) is 17.5 Å². The van der Waals surface area contributed by atoms with E-state index in [1.807, 2.05) is 29.9 Å². The molecule has 17 heavy (non-hydrogen) atoms. The highest BCUT2D eigenvalue weighted by Crippen LogP contribution is 2.19. The minimum atomic E-state index is 0.181. The van der Waals surface area contributed by atoms with Gasteiger partial charge in [0.1, 0.15) is 0 Å². The van der Waals surface area contributed by atoms with Crippen LogP contribution in [0.4, 0.5) is 5.69 Å². The summed E-state index contributed by atoms with van der Waals surface area (Å²) >= 11 is 1.60. The number of ether oxygens (including phenoxy) is 1. The summed E-state index contributed by atoms with van der Waals surface area (Å²) in [6.45, 7) is 4.65. The van der Waals surface area contributed by atoms with Gasteiger partial charge in [-0.25, -0.2) is 9.97 Å². The Kier molecular flexibility index (Phi) is 3.93. The molecule has 2 rings (SSSR count). The average Bonchev–Trinajstić information content (AvgIpc) is 2.86. The number of rotatable bonds is 5. The number of hydrogen-bond donors (Lipinski definition) is 1. The molecule has 0 radical (unpaired) electrons. The molecule has 2 heterocycles. The Balaban J connectivity index is 1.99. The van der Waals surface area contributed by atoms with Crippen LogP contribution < -0.4 is 10.1 Å². The third-order valence-corrected chi connectivity index (χ3v) is 2.91. The van der Waals surface area contributed by atoms with E-state index in [1.165, 1.54) is 0 Å². The molecule has 0 bridgehead atoms. The van der Waals surface area contributed by atoms with Crippen molar-refractivity contribution in [3.63, 3.8) is 0 Å². The standard InChI is InChI=1S/C12H15N3OS/c1-3-16-12-5-4-10(6-13-12)15-9(2)11-7-17-8-14-11/h4-9,15H,3H2,1-2H3. The van der Waals surface area contributed by atoms with Crippen molar-refractivity contribution in [1.82, 2.24) is 9.97 Å². The fraction of sp³-hybridized carbons (Fsp3) is 0.333. The third-order valence-electron chi connectivity index (χ3n) is 2.31. The maximum atomic E-state index is 5.29. The second kappa shape index (κ2) is 5.63. The van der Waals surface area contributed by atoms with Crippen molar-refractivity contribution < 1.29 is 4.74 Å². The van der Waals surface area contributed by atoms with Gasteiger partial charge in [-0.3, -0.25) is 0 Å². The zero-order valence-corrected chi connectivity index (χ0v) is 10.7. The summed E-state index contributed by atoms with van der Waals surface area (Å²) in [5.41, 5.74) is 3.85. The van der Waals surface area contributed by atoms with Crippen LogP contribution in [0.2, 0.25) is 0 Å². The number of nitrogens with one attached hydrogen (secondary N) is 1. The quantitative estimate of drug-likeness (QED) is 0.884. The van der Waals surface area contributed by atoms with Gasteiger partial charge in [-0.15, -0.1) is 11.3 Å². The van der Waals surface area contributed by atoms with E-state index in [0.29, 0.717) is 12.5 Å². The van der Waals surface area contributed by atoms with Gasteiger partial charge in [-0.05, 0) is 19.9 Å². The fourth-order valence-electron chi connectivity index (χ4n) is 1.46. The Labute approximate surface area is 105 Å². The van der Waals surface area contributed by atoms with E-state index in [0.717, 1.165) is 11.4 Å². The first-order valence-corrected chi connectivity index (χ1v) is 6.47. The number of pyridine rings is 1. The van der Waals surface area contributed by atoms with Gasteiger partial charge in [0.25, 0.3) is 0 Å². The molecule has 1 unspecified atom stereocenters. The molecule has 0 amide bonds. The number of anilines is 1. The van der Waals surface area contributed by atoms with Crippen LogP contribution in [0.15, 0.2) is 29.2 Å². The number of hydrogen-bond acceptors (Lipinski definition) is 5. The molecular weight excluding hydrogens is 234 g/mol. The lowest BCUT2D eigenvalue weighted by Gasteiger charge is -2.12. The number of aromatic nitrogens is 2. The first kappa shape index (κ1) is 11.9. The van der Waals surface area contributed by atoms with Crippen molar-refractivity contribution in [2.45, 2.75) is 19.9 Å². The Morgan fingerprint density at radius 2 is 2.29 bits per heavy atom. The zero-order chi connectivity index (χ0) is 12.1. The van der Waals surface area contributed by atoms with Crippen LogP contribution in [0.1, 0.15) is 25.6 Å². The van der Waals surface area contributed by atoms with Crippen LogP contribution in [0.25, 0.3) is 0 Å². The largest absolute Gasteiger partial charge is 0.478 e. The van der Waals surface area contributed by atoms with Gasteiger partial charge in [0, 0.05) is 11.4 Å². The van der Waals surface area contributed by atoms with E-state index in [4.69, 9.17) is 4.74 Å². The maximum Gasteiger partial charge on any atom is 0.213 e. The summed E-state index contributed by atoms with van der Waals surface area (Å²) in [6, 6.07) is 4.00. The second-order valence-corrected chi connectivity index (χ2v) is 4.32. The molecule has 2 aromatic rings. The van der Waals surface area contributed by atoms with Crippen molar-refractivity contribution in [1.29, 1.82) is 0 Å². The molecule has 1 atom stereocenters. The molecular formula is C12H15N3OS. The van der Waals surface area contributed by atoms with Crippen LogP contribution in [0.3, 0.4) is 0 Å². The Morgan fingerprint density at radius 1 is 1.41 bits per heavy atom. The van der Waals surface area contributed by atoms with Crippen molar-refractivity contribution in [3.05, 3.63) is 34.9 Å². The number of nitrogens with zero attached hydrogens (tertiary/aromatic N) is 2. The predicted molar refractivity (Wildman–Crippen MR) is 69.6 cm³/mol. The smallest absolute Gasteiger partial charge is 0.213 e. The summed E-state index contributed by atoms with van der Waals surface area (Å²) in [7, 11) is 0. The normalized spacial score (nSPS) is 12.1. The Morgan fingerprint density at radius 3 is 2.88 bits per heavy atom. The molecule has 0 saturated heterocycles. The van der Waals surface area contributed by atoms with E-state index >= 15 is 0 Å². The summed E-state index contributed by atoms with van der Waals surface area (Å²) in [5.74, 6) is 0.652. The van der Waals surface area contributed by atoms with Gasteiger partial charge in [-0.1, -0.05) is 0 Å². The second-order valence-electron chi connectivity index (χ2n) is 3.60. The van der Waals surface area contributed by atoms with Gasteiger partial charge < -0.3 is 10.1 Å².